The van der Waals surface area contributed by atoms with Gasteiger partial charge in [0.05, 0.1) is 19.1 Å². The van der Waals surface area contributed by atoms with E-state index < -0.39 is 23.4 Å². The molecule has 41 heavy (non-hydrogen) atoms. The number of hydrogen-bond donors (Lipinski definition) is 1. The molecule has 7 heteroatoms. The number of ether oxygens (including phenoxy) is 1. The van der Waals surface area contributed by atoms with Crippen molar-refractivity contribution in [2.24, 2.45) is 5.92 Å². The number of amides is 1. The number of anilines is 2. The van der Waals surface area contributed by atoms with Gasteiger partial charge in [0, 0.05) is 27.0 Å². The van der Waals surface area contributed by atoms with Crippen LogP contribution in [0.2, 0.25) is 0 Å². The quantitative estimate of drug-likeness (QED) is 0.270. The standard InChI is InChI=1S/C34H25BrN2O4/c1-41-24-9-6-8-22(19-24)32(39)30-29(31(38)21-13-16-23(35)17-14-21)34(25-10-3-4-11-26(25)36-33(34)40)28-18-15-20-7-2-5-12-27(20)37(28)30/h2-19,28-30H,1H3,(H,36,40). The number of nitrogens with zero attached hydrogens (tertiary/aromatic N) is 1. The molecular weight excluding hydrogens is 580 g/mol. The maximum absolute atomic E-state index is 14.8. The lowest BCUT2D eigenvalue weighted by Crippen LogP contribution is -2.51. The molecule has 0 saturated carbocycles. The van der Waals surface area contributed by atoms with Gasteiger partial charge in [-0.05, 0) is 47.5 Å². The lowest BCUT2D eigenvalue weighted by atomic mass is 9.64. The van der Waals surface area contributed by atoms with Crippen LogP contribution in [0.25, 0.3) is 6.08 Å². The summed E-state index contributed by atoms with van der Waals surface area (Å²) in [6, 6.07) is 27.8. The zero-order valence-corrected chi connectivity index (χ0v) is 23.7. The van der Waals surface area contributed by atoms with E-state index in [1.807, 2.05) is 65.6 Å². The fraction of sp³-hybridized carbons (Fsp3) is 0.147. The minimum atomic E-state index is -1.34. The van der Waals surface area contributed by atoms with Crippen molar-refractivity contribution < 1.29 is 19.1 Å². The number of hydrogen-bond acceptors (Lipinski definition) is 5. The number of carbonyl (C=O) groups excluding carboxylic acids is 3. The summed E-state index contributed by atoms with van der Waals surface area (Å²) in [4.78, 5) is 45.9. The average Bonchev–Trinajstić information content (AvgIpc) is 3.49. The zero-order chi connectivity index (χ0) is 28.3. The van der Waals surface area contributed by atoms with E-state index in [9.17, 15) is 14.4 Å². The van der Waals surface area contributed by atoms with Gasteiger partial charge in [0.2, 0.25) is 5.91 Å². The number of benzene rings is 4. The summed E-state index contributed by atoms with van der Waals surface area (Å²) >= 11 is 3.46. The van der Waals surface area contributed by atoms with Crippen LogP contribution in [0, 0.1) is 5.92 Å². The highest BCUT2D eigenvalue weighted by Crippen LogP contribution is 2.58. The smallest absolute Gasteiger partial charge is 0.238 e. The van der Waals surface area contributed by atoms with Gasteiger partial charge in [0.15, 0.2) is 11.6 Å². The Bertz CT molecular complexity index is 1760. The maximum atomic E-state index is 14.8. The summed E-state index contributed by atoms with van der Waals surface area (Å²) in [7, 11) is 1.55. The van der Waals surface area contributed by atoms with Crippen LogP contribution in [0.3, 0.4) is 0 Å². The van der Waals surface area contributed by atoms with Crippen LogP contribution >= 0.6 is 15.9 Å². The second kappa shape index (κ2) is 9.56. The molecule has 7 rings (SSSR count). The Balaban J connectivity index is 1.53. The molecule has 4 unspecified atom stereocenters. The van der Waals surface area contributed by atoms with E-state index in [4.69, 9.17) is 4.74 Å². The molecule has 0 aliphatic carbocycles. The third-order valence-corrected chi connectivity index (χ3v) is 9.10. The van der Waals surface area contributed by atoms with Crippen LogP contribution in [0.4, 0.5) is 11.4 Å². The highest BCUT2D eigenvalue weighted by molar-refractivity contribution is 9.10. The van der Waals surface area contributed by atoms with Crippen LogP contribution in [-0.2, 0) is 10.2 Å². The predicted octanol–water partition coefficient (Wildman–Crippen LogP) is 6.31. The molecule has 6 nitrogen and oxygen atoms in total. The number of ketones is 2. The third kappa shape index (κ3) is 3.65. The van der Waals surface area contributed by atoms with Gasteiger partial charge in [-0.3, -0.25) is 14.4 Å². The van der Waals surface area contributed by atoms with E-state index in [0.29, 0.717) is 22.6 Å². The molecule has 3 heterocycles. The summed E-state index contributed by atoms with van der Waals surface area (Å²) in [5.41, 5.74) is 2.62. The zero-order valence-electron chi connectivity index (χ0n) is 22.1. The first-order valence-electron chi connectivity index (χ1n) is 13.4. The van der Waals surface area contributed by atoms with Gasteiger partial charge in [-0.1, -0.05) is 88.7 Å². The Morgan fingerprint density at radius 3 is 2.44 bits per heavy atom. The van der Waals surface area contributed by atoms with Crippen molar-refractivity contribution in [3.05, 3.63) is 130 Å². The molecule has 1 spiro atoms. The molecule has 1 amide bonds. The van der Waals surface area contributed by atoms with E-state index in [0.717, 1.165) is 21.3 Å². The summed E-state index contributed by atoms with van der Waals surface area (Å²) in [5, 5.41) is 3.06. The number of nitrogens with one attached hydrogen (secondary N) is 1. The Kier molecular flexibility index (Phi) is 5.94. The topological polar surface area (TPSA) is 75.7 Å². The second-order valence-corrected chi connectivity index (χ2v) is 11.4. The third-order valence-electron chi connectivity index (χ3n) is 8.58. The molecule has 1 saturated heterocycles. The molecule has 1 N–H and O–H groups in total. The normalized spacial score (nSPS) is 23.5. The Morgan fingerprint density at radius 1 is 0.878 bits per heavy atom. The van der Waals surface area contributed by atoms with Crippen molar-refractivity contribution in [1.29, 1.82) is 0 Å². The van der Waals surface area contributed by atoms with E-state index in [1.165, 1.54) is 0 Å². The Morgan fingerprint density at radius 2 is 1.63 bits per heavy atom. The number of fused-ring (bicyclic) bond motifs is 6. The molecule has 3 aliphatic heterocycles. The van der Waals surface area contributed by atoms with Gasteiger partial charge in [-0.2, -0.15) is 0 Å². The lowest BCUT2D eigenvalue weighted by Gasteiger charge is -2.37. The lowest BCUT2D eigenvalue weighted by molar-refractivity contribution is -0.121. The first kappa shape index (κ1) is 25.5. The molecular formula is C34H25BrN2O4. The van der Waals surface area contributed by atoms with Crippen molar-refractivity contribution in [2.75, 3.05) is 17.3 Å². The summed E-state index contributed by atoms with van der Waals surface area (Å²) in [6.45, 7) is 0. The Hall–Kier alpha value is -4.49. The van der Waals surface area contributed by atoms with Gasteiger partial charge in [-0.25, -0.2) is 0 Å². The van der Waals surface area contributed by atoms with E-state index in [2.05, 4.69) is 21.2 Å². The molecule has 0 bridgehead atoms. The van der Waals surface area contributed by atoms with Gasteiger partial charge in [0.1, 0.15) is 17.2 Å². The van der Waals surface area contributed by atoms with Crippen molar-refractivity contribution in [3.8, 4) is 5.75 Å². The second-order valence-electron chi connectivity index (χ2n) is 10.5. The number of halogens is 1. The minimum absolute atomic E-state index is 0.247. The summed E-state index contributed by atoms with van der Waals surface area (Å²) in [6.07, 6.45) is 3.97. The Labute approximate surface area is 245 Å². The fourth-order valence-electron chi connectivity index (χ4n) is 6.86. The van der Waals surface area contributed by atoms with Crippen molar-refractivity contribution in [2.45, 2.75) is 17.5 Å². The SMILES string of the molecule is COc1cccc(C(=O)C2C(C(=O)c3ccc(Br)cc3)C3(C(=O)Nc4ccccc43)C3C=Cc4ccccc4N23)c1. The van der Waals surface area contributed by atoms with Crippen LogP contribution < -0.4 is 15.0 Å². The van der Waals surface area contributed by atoms with E-state index >= 15 is 0 Å². The monoisotopic (exact) mass is 604 g/mol. The number of methoxy groups -OCH3 is 1. The van der Waals surface area contributed by atoms with Gasteiger partial charge >= 0.3 is 0 Å². The van der Waals surface area contributed by atoms with Gasteiger partial charge in [0.25, 0.3) is 0 Å². The highest BCUT2D eigenvalue weighted by atomic mass is 79.9. The van der Waals surface area contributed by atoms with Gasteiger partial charge in [-0.15, -0.1) is 0 Å². The number of carbonyl (C=O) groups is 3. The molecule has 1 fully saturated rings. The van der Waals surface area contributed by atoms with Crippen LogP contribution in [0.5, 0.6) is 5.75 Å². The fourth-order valence-corrected chi connectivity index (χ4v) is 7.12. The van der Waals surface area contributed by atoms with Crippen molar-refractivity contribution in [3.63, 3.8) is 0 Å². The summed E-state index contributed by atoms with van der Waals surface area (Å²) < 4.78 is 6.26. The minimum Gasteiger partial charge on any atom is -0.497 e. The number of para-hydroxylation sites is 2. The van der Waals surface area contributed by atoms with Crippen molar-refractivity contribution in [1.82, 2.24) is 0 Å². The van der Waals surface area contributed by atoms with Crippen LogP contribution in [0.15, 0.2) is 108 Å². The largest absolute Gasteiger partial charge is 0.497 e. The molecule has 3 aliphatic rings. The maximum Gasteiger partial charge on any atom is 0.238 e. The van der Waals surface area contributed by atoms with E-state index in [1.54, 1.807) is 55.6 Å². The van der Waals surface area contributed by atoms with Crippen LogP contribution in [0.1, 0.15) is 31.8 Å². The molecule has 4 atom stereocenters. The molecule has 0 radical (unpaired) electrons. The van der Waals surface area contributed by atoms with Gasteiger partial charge < -0.3 is 15.0 Å². The summed E-state index contributed by atoms with van der Waals surface area (Å²) in [5.74, 6) is -1.27. The predicted molar refractivity (Wildman–Crippen MR) is 162 cm³/mol. The first-order valence-corrected chi connectivity index (χ1v) is 14.2. The van der Waals surface area contributed by atoms with E-state index in [-0.39, 0.29) is 17.5 Å². The molecule has 0 aromatic heterocycles. The number of rotatable bonds is 5. The molecule has 4 aromatic rings. The number of Topliss-reactive ketones (excluding diaryl/α,β-unsaturated/α-hetero) is 2. The van der Waals surface area contributed by atoms with Crippen molar-refractivity contribution >= 4 is 50.9 Å². The average molecular weight is 605 g/mol. The highest BCUT2D eigenvalue weighted by Gasteiger charge is 2.70. The molecule has 4 aromatic carbocycles. The first-order chi connectivity index (χ1) is 19.9. The molecule has 202 valence electrons. The van der Waals surface area contributed by atoms with Crippen LogP contribution in [-0.4, -0.2) is 36.7 Å².